The first kappa shape index (κ1) is 10.6. The molecule has 84 valence electrons. The normalized spacial score (nSPS) is 20.4. The van der Waals surface area contributed by atoms with Gasteiger partial charge in [0.1, 0.15) is 0 Å². The predicted molar refractivity (Wildman–Crippen MR) is 57.6 cm³/mol. The molecule has 4 nitrogen and oxygen atoms in total. The molecule has 0 aromatic carbocycles. The van der Waals surface area contributed by atoms with Gasteiger partial charge in [-0.1, -0.05) is 31.3 Å². The quantitative estimate of drug-likeness (QED) is 0.828. The maximum Gasteiger partial charge on any atom is 0.229 e. The van der Waals surface area contributed by atoms with E-state index in [9.17, 15) is 0 Å². The van der Waals surface area contributed by atoms with Gasteiger partial charge >= 0.3 is 0 Å². The van der Waals surface area contributed by atoms with Crippen LogP contribution in [0.3, 0.4) is 0 Å². The molecule has 2 N–H and O–H groups in total. The third-order valence-corrected chi connectivity index (χ3v) is 3.21. The maximum absolute atomic E-state index is 5.57. The highest BCUT2D eigenvalue weighted by Gasteiger charge is 2.22. The maximum atomic E-state index is 5.57. The first-order valence-electron chi connectivity index (χ1n) is 5.85. The number of aromatic nitrogens is 2. The lowest BCUT2D eigenvalue weighted by atomic mass is 9.89. The Hall–Kier alpha value is -0.900. The van der Waals surface area contributed by atoms with E-state index in [1.807, 2.05) is 6.92 Å². The Morgan fingerprint density at radius 2 is 2.13 bits per heavy atom. The fourth-order valence-electron chi connectivity index (χ4n) is 2.07. The van der Waals surface area contributed by atoms with Crippen molar-refractivity contribution in [3.05, 3.63) is 11.7 Å². The first-order valence-corrected chi connectivity index (χ1v) is 5.85. The Bertz CT molecular complexity index is 305. The van der Waals surface area contributed by atoms with Gasteiger partial charge in [-0.2, -0.15) is 4.98 Å². The lowest BCUT2D eigenvalue weighted by molar-refractivity contribution is 0.311. The van der Waals surface area contributed by atoms with Crippen molar-refractivity contribution in [3.63, 3.8) is 0 Å². The lowest BCUT2D eigenvalue weighted by Gasteiger charge is -2.17. The van der Waals surface area contributed by atoms with Crippen LogP contribution in [0.4, 0.5) is 0 Å². The summed E-state index contributed by atoms with van der Waals surface area (Å²) in [5, 5.41) is 4.00. The molecule has 1 aromatic heterocycles. The summed E-state index contributed by atoms with van der Waals surface area (Å²) in [5.74, 6) is 2.28. The molecule has 0 spiro atoms. The topological polar surface area (TPSA) is 64.9 Å². The van der Waals surface area contributed by atoms with Crippen molar-refractivity contribution in [2.75, 3.05) is 6.54 Å². The van der Waals surface area contributed by atoms with Crippen LogP contribution in [0.25, 0.3) is 0 Å². The Labute approximate surface area is 90.2 Å². The van der Waals surface area contributed by atoms with Crippen molar-refractivity contribution in [1.29, 1.82) is 0 Å². The van der Waals surface area contributed by atoms with Crippen molar-refractivity contribution in [1.82, 2.24) is 10.1 Å². The summed E-state index contributed by atoms with van der Waals surface area (Å²) in [7, 11) is 0. The molecular formula is C11H19N3O. The minimum Gasteiger partial charge on any atom is -0.339 e. The molecule has 0 bridgehead atoms. The molecule has 0 aliphatic heterocycles. The van der Waals surface area contributed by atoms with Crippen molar-refractivity contribution < 1.29 is 4.52 Å². The highest BCUT2D eigenvalue weighted by Crippen LogP contribution is 2.31. The highest BCUT2D eigenvalue weighted by molar-refractivity contribution is 4.99. The van der Waals surface area contributed by atoms with Gasteiger partial charge in [0.25, 0.3) is 0 Å². The molecule has 1 unspecified atom stereocenters. The second-order valence-corrected chi connectivity index (χ2v) is 4.46. The van der Waals surface area contributed by atoms with E-state index in [4.69, 9.17) is 10.3 Å². The molecule has 4 heteroatoms. The van der Waals surface area contributed by atoms with Crippen LogP contribution in [-0.2, 0) is 0 Å². The van der Waals surface area contributed by atoms with E-state index in [1.165, 1.54) is 32.1 Å². The smallest absolute Gasteiger partial charge is 0.229 e. The van der Waals surface area contributed by atoms with E-state index in [2.05, 4.69) is 10.1 Å². The summed E-state index contributed by atoms with van der Waals surface area (Å²) in [5.41, 5.74) is 5.57. The SMILES string of the molecule is CC(CN)c1noc(C2CCCCC2)n1. The lowest BCUT2D eigenvalue weighted by Crippen LogP contribution is -2.11. The molecule has 0 saturated heterocycles. The predicted octanol–water partition coefficient (Wildman–Crippen LogP) is 2.18. The number of hydrogen-bond donors (Lipinski definition) is 1. The van der Waals surface area contributed by atoms with Crippen LogP contribution in [0.5, 0.6) is 0 Å². The number of rotatable bonds is 3. The molecule has 0 amide bonds. The minimum absolute atomic E-state index is 0.200. The summed E-state index contributed by atoms with van der Waals surface area (Å²) >= 11 is 0. The molecule has 1 aliphatic carbocycles. The third kappa shape index (κ3) is 2.37. The average molecular weight is 209 g/mol. The summed E-state index contributed by atoms with van der Waals surface area (Å²) in [6.07, 6.45) is 6.30. The van der Waals surface area contributed by atoms with E-state index < -0.39 is 0 Å². The van der Waals surface area contributed by atoms with Crippen LogP contribution in [0, 0.1) is 0 Å². The van der Waals surface area contributed by atoms with Crippen LogP contribution < -0.4 is 5.73 Å². The van der Waals surface area contributed by atoms with Gasteiger partial charge in [0.2, 0.25) is 5.89 Å². The van der Waals surface area contributed by atoms with Crippen LogP contribution in [0.15, 0.2) is 4.52 Å². The molecular weight excluding hydrogens is 190 g/mol. The first-order chi connectivity index (χ1) is 7.31. The van der Waals surface area contributed by atoms with E-state index in [0.717, 1.165) is 11.7 Å². The van der Waals surface area contributed by atoms with Gasteiger partial charge in [-0.3, -0.25) is 0 Å². The number of nitrogens with zero attached hydrogens (tertiary/aromatic N) is 2. The van der Waals surface area contributed by atoms with Gasteiger partial charge < -0.3 is 10.3 Å². The number of nitrogens with two attached hydrogens (primary N) is 1. The molecule has 1 fully saturated rings. The Kier molecular flexibility index (Phi) is 3.36. The van der Waals surface area contributed by atoms with Crippen molar-refractivity contribution >= 4 is 0 Å². The van der Waals surface area contributed by atoms with Crippen molar-refractivity contribution in [3.8, 4) is 0 Å². The molecule has 1 saturated carbocycles. The summed E-state index contributed by atoms with van der Waals surface area (Å²) < 4.78 is 5.31. The summed E-state index contributed by atoms with van der Waals surface area (Å²) in [4.78, 5) is 4.45. The van der Waals surface area contributed by atoms with Gasteiger partial charge in [-0.25, -0.2) is 0 Å². The zero-order valence-corrected chi connectivity index (χ0v) is 9.28. The van der Waals surface area contributed by atoms with E-state index >= 15 is 0 Å². The molecule has 1 aromatic rings. The van der Waals surface area contributed by atoms with Gasteiger partial charge in [-0.05, 0) is 12.8 Å². The van der Waals surface area contributed by atoms with E-state index in [0.29, 0.717) is 12.5 Å². The fourth-order valence-corrected chi connectivity index (χ4v) is 2.07. The molecule has 0 radical (unpaired) electrons. The van der Waals surface area contributed by atoms with Crippen LogP contribution in [0.1, 0.15) is 62.6 Å². The van der Waals surface area contributed by atoms with Crippen molar-refractivity contribution in [2.24, 2.45) is 5.73 Å². The summed E-state index contributed by atoms with van der Waals surface area (Å²) in [6.45, 7) is 2.60. The second kappa shape index (κ2) is 4.75. The van der Waals surface area contributed by atoms with Gasteiger partial charge in [0, 0.05) is 18.4 Å². The minimum atomic E-state index is 0.200. The molecule has 1 atom stereocenters. The molecule has 15 heavy (non-hydrogen) atoms. The second-order valence-electron chi connectivity index (χ2n) is 4.46. The monoisotopic (exact) mass is 209 g/mol. The van der Waals surface area contributed by atoms with Crippen LogP contribution in [0.2, 0.25) is 0 Å². The van der Waals surface area contributed by atoms with Gasteiger partial charge in [0.05, 0.1) is 0 Å². The summed E-state index contributed by atoms with van der Waals surface area (Å²) in [6, 6.07) is 0. The largest absolute Gasteiger partial charge is 0.339 e. The standard InChI is InChI=1S/C11H19N3O/c1-8(7-12)10-13-11(15-14-10)9-5-3-2-4-6-9/h8-9H,2-7,12H2,1H3. The fraction of sp³-hybridized carbons (Fsp3) is 0.818. The van der Waals surface area contributed by atoms with Gasteiger partial charge in [-0.15, -0.1) is 0 Å². The zero-order valence-electron chi connectivity index (χ0n) is 9.28. The Balaban J connectivity index is 2.05. The van der Waals surface area contributed by atoms with Gasteiger partial charge in [0.15, 0.2) is 5.82 Å². The molecule has 2 rings (SSSR count). The number of hydrogen-bond acceptors (Lipinski definition) is 4. The van der Waals surface area contributed by atoms with Crippen LogP contribution >= 0.6 is 0 Å². The van der Waals surface area contributed by atoms with E-state index in [-0.39, 0.29) is 5.92 Å². The molecule has 1 heterocycles. The highest BCUT2D eigenvalue weighted by atomic mass is 16.5. The Morgan fingerprint density at radius 3 is 2.80 bits per heavy atom. The van der Waals surface area contributed by atoms with Crippen molar-refractivity contribution in [2.45, 2.75) is 50.9 Å². The third-order valence-electron chi connectivity index (χ3n) is 3.21. The Morgan fingerprint density at radius 1 is 1.40 bits per heavy atom. The van der Waals surface area contributed by atoms with E-state index in [1.54, 1.807) is 0 Å². The zero-order chi connectivity index (χ0) is 10.7. The van der Waals surface area contributed by atoms with Crippen LogP contribution in [-0.4, -0.2) is 16.7 Å². The molecule has 1 aliphatic rings. The average Bonchev–Trinajstić information content (AvgIpc) is 2.78.